The SMILES string of the molecule is CCCOc1c(Br)cc(C(=O)N2CCC(n3cccc3C(=O)OC)CC2)cc1OC. The van der Waals surface area contributed by atoms with Crippen LogP contribution in [0.3, 0.4) is 0 Å². The molecule has 0 aliphatic carbocycles. The Morgan fingerprint density at radius 2 is 1.93 bits per heavy atom. The average molecular weight is 479 g/mol. The van der Waals surface area contributed by atoms with Crippen molar-refractivity contribution >= 4 is 27.8 Å². The van der Waals surface area contributed by atoms with E-state index in [1.54, 1.807) is 25.3 Å². The molecule has 2 aromatic rings. The summed E-state index contributed by atoms with van der Waals surface area (Å²) in [4.78, 5) is 26.9. The Morgan fingerprint density at radius 1 is 1.20 bits per heavy atom. The maximum absolute atomic E-state index is 13.1. The second-order valence-electron chi connectivity index (χ2n) is 7.15. The van der Waals surface area contributed by atoms with E-state index in [-0.39, 0.29) is 17.9 Å². The van der Waals surface area contributed by atoms with E-state index in [4.69, 9.17) is 14.2 Å². The Labute approximate surface area is 185 Å². The van der Waals surface area contributed by atoms with Gasteiger partial charge >= 0.3 is 5.97 Å². The fourth-order valence-electron chi connectivity index (χ4n) is 3.71. The second kappa shape index (κ2) is 10.0. The van der Waals surface area contributed by atoms with Crippen molar-refractivity contribution in [2.75, 3.05) is 33.9 Å². The molecule has 8 heteroatoms. The zero-order valence-electron chi connectivity index (χ0n) is 17.5. The van der Waals surface area contributed by atoms with Crippen LogP contribution in [0.25, 0.3) is 0 Å². The molecule has 162 valence electrons. The molecule has 1 aromatic carbocycles. The highest BCUT2D eigenvalue weighted by atomic mass is 79.9. The number of carbonyl (C=O) groups is 2. The van der Waals surface area contributed by atoms with Crippen molar-refractivity contribution in [3.8, 4) is 11.5 Å². The molecule has 1 aliphatic rings. The number of amides is 1. The summed E-state index contributed by atoms with van der Waals surface area (Å²) in [5.41, 5.74) is 1.09. The van der Waals surface area contributed by atoms with E-state index in [0.717, 1.165) is 19.3 Å². The fourth-order valence-corrected chi connectivity index (χ4v) is 4.26. The molecule has 1 aromatic heterocycles. The van der Waals surface area contributed by atoms with Crippen LogP contribution in [0.2, 0.25) is 0 Å². The number of esters is 1. The first kappa shape index (κ1) is 22.2. The van der Waals surface area contributed by atoms with Gasteiger partial charge in [0.25, 0.3) is 5.91 Å². The summed E-state index contributed by atoms with van der Waals surface area (Å²) in [7, 11) is 2.95. The minimum atomic E-state index is -0.346. The second-order valence-corrected chi connectivity index (χ2v) is 8.01. The molecule has 0 unspecified atom stereocenters. The van der Waals surface area contributed by atoms with Crippen LogP contribution in [-0.2, 0) is 4.74 Å². The Morgan fingerprint density at radius 3 is 2.57 bits per heavy atom. The number of piperidine rings is 1. The van der Waals surface area contributed by atoms with Gasteiger partial charge in [-0.1, -0.05) is 6.92 Å². The summed E-state index contributed by atoms with van der Waals surface area (Å²) >= 11 is 3.50. The molecule has 30 heavy (non-hydrogen) atoms. The van der Waals surface area contributed by atoms with Crippen LogP contribution in [0.5, 0.6) is 11.5 Å². The number of ether oxygens (including phenoxy) is 3. The number of nitrogens with zero attached hydrogens (tertiary/aromatic N) is 2. The first-order valence-corrected chi connectivity index (χ1v) is 10.8. The zero-order chi connectivity index (χ0) is 21.7. The summed E-state index contributed by atoms with van der Waals surface area (Å²) in [6.45, 7) is 3.82. The fraction of sp³-hybridized carbons (Fsp3) is 0.455. The molecule has 0 radical (unpaired) electrons. The van der Waals surface area contributed by atoms with E-state index in [0.29, 0.717) is 46.9 Å². The Kier molecular flexibility index (Phi) is 7.42. The predicted molar refractivity (Wildman–Crippen MR) is 116 cm³/mol. The lowest BCUT2D eigenvalue weighted by atomic mass is 10.0. The molecule has 3 rings (SSSR count). The molecular weight excluding hydrogens is 452 g/mol. The molecule has 0 N–H and O–H groups in total. The summed E-state index contributed by atoms with van der Waals surface area (Å²) in [5, 5.41) is 0. The predicted octanol–water partition coefficient (Wildman–Crippen LogP) is 4.31. The van der Waals surface area contributed by atoms with Crippen molar-refractivity contribution in [3.63, 3.8) is 0 Å². The van der Waals surface area contributed by atoms with Gasteiger partial charge in [-0.25, -0.2) is 4.79 Å². The number of benzene rings is 1. The monoisotopic (exact) mass is 478 g/mol. The summed E-state index contributed by atoms with van der Waals surface area (Å²) in [6.07, 6.45) is 4.30. The minimum absolute atomic E-state index is 0.0461. The van der Waals surface area contributed by atoms with Gasteiger partial charge in [0, 0.05) is 30.9 Å². The third-order valence-corrected chi connectivity index (χ3v) is 5.83. The van der Waals surface area contributed by atoms with Crippen LogP contribution >= 0.6 is 15.9 Å². The van der Waals surface area contributed by atoms with Gasteiger partial charge in [0.15, 0.2) is 11.5 Å². The van der Waals surface area contributed by atoms with Crippen molar-refractivity contribution in [1.29, 1.82) is 0 Å². The number of hydrogen-bond acceptors (Lipinski definition) is 5. The van der Waals surface area contributed by atoms with E-state index in [9.17, 15) is 9.59 Å². The van der Waals surface area contributed by atoms with E-state index < -0.39 is 0 Å². The van der Waals surface area contributed by atoms with Crippen LogP contribution < -0.4 is 9.47 Å². The van der Waals surface area contributed by atoms with Crippen molar-refractivity contribution in [2.24, 2.45) is 0 Å². The average Bonchev–Trinajstić information content (AvgIpc) is 3.26. The van der Waals surface area contributed by atoms with Crippen LogP contribution in [0.1, 0.15) is 53.1 Å². The lowest BCUT2D eigenvalue weighted by molar-refractivity contribution is 0.0573. The number of rotatable bonds is 7. The van der Waals surface area contributed by atoms with E-state index in [1.165, 1.54) is 7.11 Å². The Hall–Kier alpha value is -2.48. The molecule has 0 atom stereocenters. The highest BCUT2D eigenvalue weighted by Gasteiger charge is 2.27. The highest BCUT2D eigenvalue weighted by Crippen LogP contribution is 2.37. The molecule has 0 bridgehead atoms. The van der Waals surface area contributed by atoms with E-state index >= 15 is 0 Å². The zero-order valence-corrected chi connectivity index (χ0v) is 19.1. The Bertz CT molecular complexity index is 903. The van der Waals surface area contributed by atoms with Gasteiger partial charge in [-0.3, -0.25) is 4.79 Å². The van der Waals surface area contributed by atoms with Crippen LogP contribution in [-0.4, -0.2) is 55.3 Å². The van der Waals surface area contributed by atoms with Gasteiger partial charge in [-0.05, 0) is 59.5 Å². The molecule has 1 fully saturated rings. The van der Waals surface area contributed by atoms with Gasteiger partial charge in [0.05, 0.1) is 25.3 Å². The minimum Gasteiger partial charge on any atom is -0.493 e. The molecule has 0 spiro atoms. The topological polar surface area (TPSA) is 70.0 Å². The third kappa shape index (κ3) is 4.64. The Balaban J connectivity index is 1.70. The van der Waals surface area contributed by atoms with Gasteiger partial charge < -0.3 is 23.7 Å². The van der Waals surface area contributed by atoms with Gasteiger partial charge in [0.1, 0.15) is 5.69 Å². The smallest absolute Gasteiger partial charge is 0.354 e. The standard InChI is InChI=1S/C22H27BrN2O5/c1-4-12-30-20-17(23)13-15(14-19(20)28-2)21(26)24-10-7-16(8-11-24)25-9-5-6-18(25)22(27)29-3/h5-6,9,13-14,16H,4,7-8,10-12H2,1-3H3. The molecule has 1 amide bonds. The highest BCUT2D eigenvalue weighted by molar-refractivity contribution is 9.10. The number of likely N-dealkylation sites (tertiary alicyclic amines) is 1. The molecule has 2 heterocycles. The molecular formula is C22H27BrN2O5. The number of carbonyl (C=O) groups excluding carboxylic acids is 2. The maximum atomic E-state index is 13.1. The molecule has 1 aliphatic heterocycles. The van der Waals surface area contributed by atoms with Gasteiger partial charge in [0.2, 0.25) is 0 Å². The van der Waals surface area contributed by atoms with Crippen molar-refractivity contribution in [2.45, 2.75) is 32.2 Å². The lowest BCUT2D eigenvalue weighted by Crippen LogP contribution is -2.39. The lowest BCUT2D eigenvalue weighted by Gasteiger charge is -2.33. The van der Waals surface area contributed by atoms with Crippen LogP contribution in [0.15, 0.2) is 34.9 Å². The van der Waals surface area contributed by atoms with Crippen molar-refractivity contribution < 1.29 is 23.8 Å². The maximum Gasteiger partial charge on any atom is 0.354 e. The van der Waals surface area contributed by atoms with Crippen molar-refractivity contribution in [3.05, 3.63) is 46.2 Å². The van der Waals surface area contributed by atoms with Gasteiger partial charge in [-0.2, -0.15) is 0 Å². The van der Waals surface area contributed by atoms with E-state index in [1.807, 2.05) is 28.7 Å². The van der Waals surface area contributed by atoms with Gasteiger partial charge in [-0.15, -0.1) is 0 Å². The normalized spacial score (nSPS) is 14.5. The first-order chi connectivity index (χ1) is 14.5. The largest absolute Gasteiger partial charge is 0.493 e. The quantitative estimate of drug-likeness (QED) is 0.554. The number of aromatic nitrogens is 1. The number of halogens is 1. The molecule has 0 saturated carbocycles. The number of hydrogen-bond donors (Lipinski definition) is 0. The number of methoxy groups -OCH3 is 2. The van der Waals surface area contributed by atoms with Crippen LogP contribution in [0, 0.1) is 0 Å². The van der Waals surface area contributed by atoms with Crippen LogP contribution in [0.4, 0.5) is 0 Å². The summed E-state index contributed by atoms with van der Waals surface area (Å²) < 4.78 is 18.7. The molecule has 7 nitrogen and oxygen atoms in total. The van der Waals surface area contributed by atoms with E-state index in [2.05, 4.69) is 15.9 Å². The summed E-state index contributed by atoms with van der Waals surface area (Å²) in [5.74, 6) is 0.750. The molecule has 1 saturated heterocycles. The first-order valence-electron chi connectivity index (χ1n) is 10.0. The van der Waals surface area contributed by atoms with Crippen molar-refractivity contribution in [1.82, 2.24) is 9.47 Å². The summed E-state index contributed by atoms with van der Waals surface area (Å²) in [6, 6.07) is 7.27. The third-order valence-electron chi connectivity index (χ3n) is 5.25.